The van der Waals surface area contributed by atoms with Crippen molar-refractivity contribution in [1.82, 2.24) is 31.2 Å². The van der Waals surface area contributed by atoms with Crippen molar-refractivity contribution in [3.05, 3.63) is 137 Å². The van der Waals surface area contributed by atoms with Gasteiger partial charge >= 0.3 is 6.09 Å². The number of alkyl carbamates (subject to hydrolysis) is 1. The van der Waals surface area contributed by atoms with Gasteiger partial charge in [0.2, 0.25) is 11.8 Å². The maximum Gasteiger partial charge on any atom is 0.407 e. The molecule has 1 aromatic heterocycles. The first-order valence-corrected chi connectivity index (χ1v) is 18.7. The monoisotopic (exact) mass is 746 g/mol. The van der Waals surface area contributed by atoms with E-state index in [1.807, 2.05) is 103 Å². The van der Waals surface area contributed by atoms with E-state index < -0.39 is 47.9 Å². The van der Waals surface area contributed by atoms with Crippen LogP contribution in [0, 0.1) is 0 Å². The van der Waals surface area contributed by atoms with Crippen LogP contribution in [0.1, 0.15) is 66.9 Å². The molecule has 0 saturated carbocycles. The molecule has 7 N–H and O–H groups in total. The molecule has 0 spiro atoms. The standard InChI is InChI=1S/C43H50N6O6/c1-43(2,3)55-42(54)48-34(23-27-11-5-4-6-12-27)40(52)39(41(53)49-38-31-14-8-7-13-30(31)24-35(38)50)45-26-29-19-17-28(18-20-29)25-44-37(51)22-21-36-46-32-15-9-10-16-33(32)47-36/h4-20,34-35,38-40,45,50,52H,21-26H2,1-3H3,(H,44,51)(H,46,47)(H,48,54)(H,49,53)/t34-,35?,38?,39+,40-/m0/s1. The average molecular weight is 747 g/mol. The van der Waals surface area contributed by atoms with Crippen molar-refractivity contribution in [3.8, 4) is 0 Å². The highest BCUT2D eigenvalue weighted by Crippen LogP contribution is 2.31. The summed E-state index contributed by atoms with van der Waals surface area (Å²) in [7, 11) is 0. The maximum absolute atomic E-state index is 14.1. The number of carbonyl (C=O) groups is 3. The number of aryl methyl sites for hydroxylation is 1. The summed E-state index contributed by atoms with van der Waals surface area (Å²) in [6, 6.07) is 29.5. The molecule has 0 fully saturated rings. The van der Waals surface area contributed by atoms with Crippen LogP contribution in [-0.2, 0) is 46.7 Å². The molecule has 12 heteroatoms. The number of aliphatic hydroxyl groups is 2. The number of fused-ring (bicyclic) bond motifs is 2. The van der Waals surface area contributed by atoms with Crippen LogP contribution in [0.4, 0.5) is 4.79 Å². The molecule has 4 aromatic carbocycles. The number of rotatable bonds is 15. The number of benzene rings is 4. The second-order valence-corrected chi connectivity index (χ2v) is 15.0. The zero-order chi connectivity index (χ0) is 39.0. The Balaban J connectivity index is 1.13. The number of aromatic amines is 1. The van der Waals surface area contributed by atoms with Crippen LogP contribution in [0.2, 0.25) is 0 Å². The lowest BCUT2D eigenvalue weighted by molar-refractivity contribution is -0.128. The quantitative estimate of drug-likeness (QED) is 0.0817. The molecular weight excluding hydrogens is 697 g/mol. The van der Waals surface area contributed by atoms with Crippen molar-refractivity contribution in [2.45, 2.75) is 95.5 Å². The lowest BCUT2D eigenvalue weighted by atomic mass is 9.95. The van der Waals surface area contributed by atoms with Crippen LogP contribution in [0.15, 0.2) is 103 Å². The Morgan fingerprint density at radius 1 is 0.873 bits per heavy atom. The Bertz CT molecular complexity index is 2030. The molecule has 5 atom stereocenters. The van der Waals surface area contributed by atoms with Gasteiger partial charge in [-0.15, -0.1) is 0 Å². The van der Waals surface area contributed by atoms with E-state index in [-0.39, 0.29) is 18.9 Å². The molecular formula is C43H50N6O6. The normalized spacial score (nSPS) is 16.8. The largest absolute Gasteiger partial charge is 0.444 e. The van der Waals surface area contributed by atoms with Crippen molar-refractivity contribution in [2.75, 3.05) is 0 Å². The second-order valence-electron chi connectivity index (χ2n) is 15.0. The highest BCUT2D eigenvalue weighted by Gasteiger charge is 2.38. The summed E-state index contributed by atoms with van der Waals surface area (Å²) in [5.41, 5.74) is 5.37. The van der Waals surface area contributed by atoms with E-state index in [0.29, 0.717) is 25.8 Å². The van der Waals surface area contributed by atoms with Crippen LogP contribution >= 0.6 is 0 Å². The number of ether oxygens (including phenoxy) is 1. The number of amides is 3. The number of imidazole rings is 1. The number of carbonyl (C=O) groups excluding carboxylic acids is 3. The third-order valence-corrected chi connectivity index (χ3v) is 9.60. The Morgan fingerprint density at radius 3 is 2.27 bits per heavy atom. The fraction of sp³-hybridized carbons (Fsp3) is 0.349. The third kappa shape index (κ3) is 10.8. The van der Waals surface area contributed by atoms with Gasteiger partial charge in [0.25, 0.3) is 0 Å². The molecule has 0 bridgehead atoms. The molecule has 3 amide bonds. The van der Waals surface area contributed by atoms with Gasteiger partial charge in [-0.3, -0.25) is 14.9 Å². The molecule has 1 heterocycles. The van der Waals surface area contributed by atoms with E-state index >= 15 is 0 Å². The first-order chi connectivity index (χ1) is 26.4. The van der Waals surface area contributed by atoms with E-state index in [2.05, 4.69) is 31.2 Å². The Kier molecular flexibility index (Phi) is 12.6. The summed E-state index contributed by atoms with van der Waals surface area (Å²) >= 11 is 0. The number of para-hydroxylation sites is 2. The molecule has 288 valence electrons. The summed E-state index contributed by atoms with van der Waals surface area (Å²) in [5, 5.41) is 34.9. The number of aromatic nitrogens is 2. The van der Waals surface area contributed by atoms with Crippen LogP contribution in [0.25, 0.3) is 11.0 Å². The van der Waals surface area contributed by atoms with Gasteiger partial charge in [0.05, 0.1) is 35.3 Å². The van der Waals surface area contributed by atoms with E-state index in [1.165, 1.54) is 0 Å². The average Bonchev–Trinajstić information content (AvgIpc) is 3.72. The van der Waals surface area contributed by atoms with Crippen molar-refractivity contribution in [2.24, 2.45) is 0 Å². The Morgan fingerprint density at radius 2 is 1.55 bits per heavy atom. The molecule has 55 heavy (non-hydrogen) atoms. The van der Waals surface area contributed by atoms with Gasteiger partial charge in [0.1, 0.15) is 17.5 Å². The smallest absolute Gasteiger partial charge is 0.407 e. The Labute approximate surface area is 321 Å². The number of aliphatic hydroxyl groups excluding tert-OH is 2. The third-order valence-electron chi connectivity index (χ3n) is 9.60. The molecule has 0 aliphatic heterocycles. The number of nitrogens with one attached hydrogen (secondary N) is 5. The van der Waals surface area contributed by atoms with Crippen LogP contribution in [0.5, 0.6) is 0 Å². The van der Waals surface area contributed by atoms with Gasteiger partial charge in [-0.05, 0) is 67.1 Å². The van der Waals surface area contributed by atoms with E-state index in [4.69, 9.17) is 4.74 Å². The summed E-state index contributed by atoms with van der Waals surface area (Å²) in [6.07, 6.45) is -1.55. The van der Waals surface area contributed by atoms with Crippen LogP contribution < -0.4 is 21.3 Å². The molecule has 12 nitrogen and oxygen atoms in total. The lowest BCUT2D eigenvalue weighted by Gasteiger charge is -2.32. The molecule has 1 aliphatic carbocycles. The minimum Gasteiger partial charge on any atom is -0.444 e. The van der Waals surface area contributed by atoms with Crippen molar-refractivity contribution in [1.29, 1.82) is 0 Å². The minimum atomic E-state index is -1.41. The zero-order valence-electron chi connectivity index (χ0n) is 31.4. The fourth-order valence-corrected chi connectivity index (χ4v) is 6.82. The van der Waals surface area contributed by atoms with Gasteiger partial charge in [-0.2, -0.15) is 0 Å². The number of H-pyrrole nitrogens is 1. The first-order valence-electron chi connectivity index (χ1n) is 18.7. The summed E-state index contributed by atoms with van der Waals surface area (Å²) in [4.78, 5) is 47.6. The van der Waals surface area contributed by atoms with Crippen molar-refractivity contribution < 1.29 is 29.3 Å². The lowest BCUT2D eigenvalue weighted by Crippen LogP contribution is -2.60. The van der Waals surface area contributed by atoms with E-state index in [1.54, 1.807) is 20.8 Å². The van der Waals surface area contributed by atoms with Crippen LogP contribution in [-0.4, -0.2) is 68.0 Å². The van der Waals surface area contributed by atoms with Crippen molar-refractivity contribution in [3.63, 3.8) is 0 Å². The van der Waals surface area contributed by atoms with Crippen LogP contribution in [0.3, 0.4) is 0 Å². The van der Waals surface area contributed by atoms with Gasteiger partial charge in [0, 0.05) is 32.4 Å². The highest BCUT2D eigenvalue weighted by molar-refractivity contribution is 5.83. The maximum atomic E-state index is 14.1. The summed E-state index contributed by atoms with van der Waals surface area (Å²) < 4.78 is 5.53. The molecule has 6 rings (SSSR count). The van der Waals surface area contributed by atoms with Gasteiger partial charge in [-0.1, -0.05) is 91.0 Å². The highest BCUT2D eigenvalue weighted by atomic mass is 16.6. The van der Waals surface area contributed by atoms with E-state index in [0.717, 1.165) is 44.7 Å². The van der Waals surface area contributed by atoms with Gasteiger partial charge in [0.15, 0.2) is 0 Å². The fourth-order valence-electron chi connectivity index (χ4n) is 6.82. The number of hydrogen-bond acceptors (Lipinski definition) is 8. The summed E-state index contributed by atoms with van der Waals surface area (Å²) in [6.45, 7) is 5.80. The van der Waals surface area contributed by atoms with Gasteiger partial charge in [-0.25, -0.2) is 9.78 Å². The minimum absolute atomic E-state index is 0.0888. The molecule has 2 unspecified atom stereocenters. The van der Waals surface area contributed by atoms with E-state index in [9.17, 15) is 24.6 Å². The molecule has 1 aliphatic rings. The first kappa shape index (κ1) is 39.1. The topological polar surface area (TPSA) is 178 Å². The summed E-state index contributed by atoms with van der Waals surface area (Å²) in [5.74, 6) is 0.148. The number of hydrogen-bond donors (Lipinski definition) is 7. The predicted octanol–water partition coefficient (Wildman–Crippen LogP) is 4.54. The molecule has 0 radical (unpaired) electrons. The van der Waals surface area contributed by atoms with Crippen molar-refractivity contribution >= 4 is 28.9 Å². The zero-order valence-corrected chi connectivity index (χ0v) is 31.4. The Hall–Kier alpha value is -5.56. The SMILES string of the molecule is CC(C)(C)OC(=O)N[C@@H](Cc1ccccc1)[C@H](O)[C@@H](NCc1ccc(CNC(=O)CCc2nc3ccccc3[nH]2)cc1)C(=O)NC1c2ccccc2CC1O. The number of nitrogens with zero attached hydrogens (tertiary/aromatic N) is 1. The van der Waals surface area contributed by atoms with Gasteiger partial charge < -0.3 is 35.9 Å². The predicted molar refractivity (Wildman–Crippen MR) is 210 cm³/mol. The molecule has 0 saturated heterocycles. The second kappa shape index (κ2) is 17.7. The molecule has 5 aromatic rings.